The van der Waals surface area contributed by atoms with Crippen molar-refractivity contribution in [1.82, 2.24) is 14.7 Å². The molecule has 10 nitrogen and oxygen atoms in total. The van der Waals surface area contributed by atoms with Crippen LogP contribution in [0.2, 0.25) is 0 Å². The number of nitrogens with zero attached hydrogens (tertiary/aromatic N) is 4. The summed E-state index contributed by atoms with van der Waals surface area (Å²) < 4.78 is 23.4. The lowest BCUT2D eigenvalue weighted by molar-refractivity contribution is -0.141. The maximum atomic E-state index is 13.2. The number of hydrogen-bond acceptors (Lipinski definition) is 7. The average molecular weight is 473 g/mol. The fourth-order valence-corrected chi connectivity index (χ4v) is 6.49. The van der Waals surface area contributed by atoms with Crippen LogP contribution in [-0.2, 0) is 19.6 Å². The Labute approximate surface area is 193 Å². The quantitative estimate of drug-likeness (QED) is 0.567. The van der Waals surface area contributed by atoms with Gasteiger partial charge in [-0.2, -0.15) is 5.26 Å². The summed E-state index contributed by atoms with van der Waals surface area (Å²) >= 11 is 0. The number of carbonyl (C=O) groups excluding carboxylic acids is 2. The third-order valence-electron chi connectivity index (χ3n) is 7.66. The first kappa shape index (κ1) is 22.3. The second kappa shape index (κ2) is 7.77. The number of likely N-dealkylation sites (tertiary alicyclic amines) is 3. The van der Waals surface area contributed by atoms with Crippen LogP contribution in [0.15, 0.2) is 29.2 Å². The van der Waals surface area contributed by atoms with Crippen molar-refractivity contribution in [3.05, 3.63) is 29.8 Å². The largest absolute Gasteiger partial charge is 0.330 e. The Balaban J connectivity index is 1.25. The molecule has 1 saturated carbocycles. The molecule has 4 aliphatic rings. The lowest BCUT2D eigenvalue weighted by atomic mass is 10.1. The smallest absolute Gasteiger partial charge is 0.242 e. The van der Waals surface area contributed by atoms with Crippen LogP contribution in [-0.4, -0.2) is 78.2 Å². The summed E-state index contributed by atoms with van der Waals surface area (Å²) in [6.07, 6.45) is 2.32. The van der Waals surface area contributed by atoms with Crippen molar-refractivity contribution in [2.75, 3.05) is 13.1 Å². The number of benzene rings is 1. The van der Waals surface area contributed by atoms with Crippen molar-refractivity contribution < 1.29 is 18.0 Å². The van der Waals surface area contributed by atoms with Gasteiger partial charge in [0.1, 0.15) is 6.04 Å². The van der Waals surface area contributed by atoms with Gasteiger partial charge in [-0.15, -0.1) is 0 Å². The van der Waals surface area contributed by atoms with Crippen molar-refractivity contribution in [3.8, 4) is 6.07 Å². The number of hydrogen-bond donors (Lipinski definition) is 2. The minimum Gasteiger partial charge on any atom is -0.330 e. The molecule has 3 aliphatic heterocycles. The lowest BCUT2D eigenvalue weighted by Gasteiger charge is -2.38. The molecule has 7 atom stereocenters. The number of primary sulfonamides is 1. The number of piperidine rings is 1. The van der Waals surface area contributed by atoms with Gasteiger partial charge in [-0.1, -0.05) is 12.1 Å². The Hall–Kier alpha value is -2.52. The zero-order valence-corrected chi connectivity index (χ0v) is 19.2. The summed E-state index contributed by atoms with van der Waals surface area (Å²) in [6, 6.07) is 6.86. The standard InChI is InChI=1S/C22H28N6O4S/c1-12(13-3-2-4-17(6-13)33(25,31)32)27-16-8-20(22(27)30)26(10-16)11-18(24)21(29)28-15(9-23)5-14-7-19(14)28/h2-4,6,12,14-16,18-20H,5,7-8,10-11,24H2,1H3,(H2,25,31,32)/t12-,14+,15-,16?,18-,19-,20+/m0/s1. The molecule has 2 amide bonds. The number of rotatable bonds is 6. The van der Waals surface area contributed by atoms with Crippen LogP contribution in [0.3, 0.4) is 0 Å². The average Bonchev–Trinajstić information content (AvgIpc) is 3.11. The van der Waals surface area contributed by atoms with Crippen LogP contribution in [0.4, 0.5) is 0 Å². The van der Waals surface area contributed by atoms with Crippen LogP contribution in [0.25, 0.3) is 0 Å². The molecule has 3 saturated heterocycles. The van der Waals surface area contributed by atoms with E-state index in [1.165, 1.54) is 12.1 Å². The molecule has 5 rings (SSSR count). The van der Waals surface area contributed by atoms with E-state index >= 15 is 0 Å². The van der Waals surface area contributed by atoms with E-state index in [1.54, 1.807) is 21.9 Å². The fourth-order valence-electron chi connectivity index (χ4n) is 5.92. The highest BCUT2D eigenvalue weighted by Crippen LogP contribution is 2.48. The first-order valence-corrected chi connectivity index (χ1v) is 12.8. The maximum Gasteiger partial charge on any atom is 0.242 e. The Morgan fingerprint density at radius 1 is 1.30 bits per heavy atom. The van der Waals surface area contributed by atoms with Crippen molar-refractivity contribution in [3.63, 3.8) is 0 Å². The number of nitriles is 1. The van der Waals surface area contributed by atoms with Gasteiger partial charge in [-0.25, -0.2) is 13.6 Å². The molecule has 11 heteroatoms. The van der Waals surface area contributed by atoms with Gasteiger partial charge < -0.3 is 15.5 Å². The topological polar surface area (TPSA) is 154 Å². The first-order valence-electron chi connectivity index (χ1n) is 11.3. The molecule has 1 unspecified atom stereocenters. The van der Waals surface area contributed by atoms with Crippen LogP contribution in [0.5, 0.6) is 0 Å². The molecular weight excluding hydrogens is 444 g/mol. The number of fused-ring (bicyclic) bond motifs is 3. The highest BCUT2D eigenvalue weighted by Gasteiger charge is 2.56. The summed E-state index contributed by atoms with van der Waals surface area (Å²) in [4.78, 5) is 31.6. The second-order valence-corrected chi connectivity index (χ2v) is 11.3. The Morgan fingerprint density at radius 3 is 2.73 bits per heavy atom. The van der Waals surface area contributed by atoms with E-state index in [4.69, 9.17) is 10.9 Å². The zero-order valence-electron chi connectivity index (χ0n) is 18.4. The molecule has 2 bridgehead atoms. The monoisotopic (exact) mass is 472 g/mol. The molecular formula is C22H28N6O4S. The van der Waals surface area contributed by atoms with Gasteiger partial charge in [0.25, 0.3) is 0 Å². The highest BCUT2D eigenvalue weighted by atomic mass is 32.2. The number of amides is 2. The predicted octanol–water partition coefficient (Wildman–Crippen LogP) is -0.480. The minimum absolute atomic E-state index is 0.0188. The number of nitrogens with two attached hydrogens (primary N) is 2. The molecule has 1 aromatic rings. The Kier molecular flexibility index (Phi) is 5.25. The van der Waals surface area contributed by atoms with Gasteiger partial charge >= 0.3 is 0 Å². The summed E-state index contributed by atoms with van der Waals surface area (Å²) in [6.45, 7) is 2.76. The predicted molar refractivity (Wildman–Crippen MR) is 118 cm³/mol. The lowest BCUT2D eigenvalue weighted by Crippen LogP contribution is -2.57. The number of carbonyl (C=O) groups is 2. The minimum atomic E-state index is -3.83. The van der Waals surface area contributed by atoms with E-state index in [0.717, 1.165) is 12.8 Å². The van der Waals surface area contributed by atoms with Crippen molar-refractivity contribution >= 4 is 21.8 Å². The SMILES string of the molecule is C[C@@H](c1cccc(S(N)(=O)=O)c1)N1C(=O)[C@H]2CC1CN2C[C@H](N)C(=O)N1[C@H](C#N)C[C@@H]2C[C@@H]21. The normalized spacial score (nSPS) is 32.5. The third kappa shape index (κ3) is 3.71. The number of sulfonamides is 1. The van der Waals surface area contributed by atoms with Gasteiger partial charge in [0.2, 0.25) is 21.8 Å². The van der Waals surface area contributed by atoms with E-state index in [-0.39, 0.29) is 47.4 Å². The molecule has 1 aliphatic carbocycles. The third-order valence-corrected chi connectivity index (χ3v) is 8.57. The molecule has 3 heterocycles. The molecule has 0 radical (unpaired) electrons. The van der Waals surface area contributed by atoms with Crippen molar-refractivity contribution in [2.45, 2.75) is 67.3 Å². The first-order chi connectivity index (χ1) is 15.6. The molecule has 0 spiro atoms. The van der Waals surface area contributed by atoms with Gasteiger partial charge in [0.05, 0.1) is 29.1 Å². The summed E-state index contributed by atoms with van der Waals surface area (Å²) in [5.74, 6) is 0.183. The van der Waals surface area contributed by atoms with E-state index in [0.29, 0.717) is 24.4 Å². The van der Waals surface area contributed by atoms with E-state index < -0.39 is 22.1 Å². The van der Waals surface area contributed by atoms with Gasteiger partial charge in [0, 0.05) is 25.2 Å². The fraction of sp³-hybridized carbons (Fsp3) is 0.591. The molecule has 0 aromatic heterocycles. The van der Waals surface area contributed by atoms with Crippen LogP contribution >= 0.6 is 0 Å². The summed E-state index contributed by atoms with van der Waals surface area (Å²) in [5, 5.41) is 14.6. The number of piperazine rings is 1. The van der Waals surface area contributed by atoms with E-state index in [2.05, 4.69) is 6.07 Å². The zero-order chi connectivity index (χ0) is 23.7. The van der Waals surface area contributed by atoms with Gasteiger partial charge in [-0.05, 0) is 49.8 Å². The van der Waals surface area contributed by atoms with Crippen LogP contribution in [0.1, 0.15) is 37.8 Å². The van der Waals surface area contributed by atoms with Crippen LogP contribution in [0, 0.1) is 17.2 Å². The van der Waals surface area contributed by atoms with Gasteiger partial charge in [0.15, 0.2) is 0 Å². The van der Waals surface area contributed by atoms with Crippen molar-refractivity contribution in [1.29, 1.82) is 5.26 Å². The molecule has 4 fully saturated rings. The summed E-state index contributed by atoms with van der Waals surface area (Å²) in [7, 11) is -3.83. The van der Waals surface area contributed by atoms with Crippen molar-refractivity contribution in [2.24, 2.45) is 16.8 Å². The molecule has 4 N–H and O–H groups in total. The van der Waals surface area contributed by atoms with E-state index in [1.807, 2.05) is 11.8 Å². The maximum absolute atomic E-state index is 13.2. The Bertz CT molecular complexity index is 1150. The molecule has 1 aromatic carbocycles. The summed E-state index contributed by atoms with van der Waals surface area (Å²) in [5.41, 5.74) is 6.96. The molecule has 176 valence electrons. The van der Waals surface area contributed by atoms with Gasteiger partial charge in [-0.3, -0.25) is 14.5 Å². The van der Waals surface area contributed by atoms with Crippen LogP contribution < -0.4 is 10.9 Å². The molecule has 33 heavy (non-hydrogen) atoms. The highest BCUT2D eigenvalue weighted by molar-refractivity contribution is 7.89. The Morgan fingerprint density at radius 2 is 2.06 bits per heavy atom. The van der Waals surface area contributed by atoms with E-state index in [9.17, 15) is 23.3 Å². The second-order valence-electron chi connectivity index (χ2n) is 9.69.